The molecule has 0 aliphatic rings. The molecule has 1 N–H and O–H groups in total. The van der Waals surface area contributed by atoms with Crippen molar-refractivity contribution in [2.24, 2.45) is 0 Å². The smallest absolute Gasteiger partial charge is 0.353 e. The predicted octanol–water partition coefficient (Wildman–Crippen LogP) is 0.670. The van der Waals surface area contributed by atoms with Gasteiger partial charge >= 0.3 is 5.69 Å². The third-order valence-corrected chi connectivity index (χ3v) is 2.15. The van der Waals surface area contributed by atoms with Crippen LogP contribution in [0.2, 0.25) is 0 Å². The van der Waals surface area contributed by atoms with Gasteiger partial charge in [0.25, 0.3) is 0 Å². The molecule has 0 saturated heterocycles. The highest BCUT2D eigenvalue weighted by atomic mass is 16.6. The first kappa shape index (κ1) is 14.1. The second-order valence-corrected chi connectivity index (χ2v) is 3.35. The minimum Gasteiger partial charge on any atom is -0.364 e. The molecule has 1 heterocycles. The molecular formula is C10H11N7O2. The average Bonchev–Trinajstić information content (AvgIpc) is 2.38. The summed E-state index contributed by atoms with van der Waals surface area (Å²) in [6.45, 7) is 1.88. The van der Waals surface area contributed by atoms with Gasteiger partial charge in [-0.05, 0) is 6.92 Å². The van der Waals surface area contributed by atoms with Crippen LogP contribution in [0, 0.1) is 32.8 Å². The molecule has 0 radical (unpaired) electrons. The van der Waals surface area contributed by atoms with Gasteiger partial charge in [0.1, 0.15) is 19.4 Å². The molecule has 0 unspecified atom stereocenters. The number of hydrogen-bond acceptors (Lipinski definition) is 8. The fraction of sp³-hybridized carbons (Fsp3) is 0.400. The van der Waals surface area contributed by atoms with Crippen LogP contribution >= 0.6 is 0 Å². The lowest BCUT2D eigenvalue weighted by Gasteiger charge is -2.17. The van der Waals surface area contributed by atoms with Crippen LogP contribution in [0.25, 0.3) is 0 Å². The van der Waals surface area contributed by atoms with Crippen LogP contribution in [0.4, 0.5) is 17.3 Å². The van der Waals surface area contributed by atoms with E-state index in [-0.39, 0.29) is 30.4 Å². The van der Waals surface area contributed by atoms with Crippen molar-refractivity contribution >= 4 is 17.3 Å². The molecule has 0 saturated carbocycles. The number of nitrogens with zero attached hydrogens (tertiary/aromatic N) is 6. The zero-order valence-corrected chi connectivity index (χ0v) is 10.2. The van der Waals surface area contributed by atoms with Gasteiger partial charge in [-0.2, -0.15) is 10.5 Å². The average molecular weight is 261 g/mol. The van der Waals surface area contributed by atoms with Gasteiger partial charge in [0.2, 0.25) is 11.6 Å². The van der Waals surface area contributed by atoms with Crippen molar-refractivity contribution in [2.45, 2.75) is 6.92 Å². The molecule has 0 aromatic carbocycles. The summed E-state index contributed by atoms with van der Waals surface area (Å²) in [5.74, 6) is 0.0254. The lowest BCUT2D eigenvalue weighted by Crippen LogP contribution is -2.26. The number of rotatable bonds is 6. The van der Waals surface area contributed by atoms with E-state index in [0.717, 1.165) is 6.33 Å². The van der Waals surface area contributed by atoms with Gasteiger partial charge in [-0.15, -0.1) is 0 Å². The molecular weight excluding hydrogens is 250 g/mol. The third-order valence-electron chi connectivity index (χ3n) is 2.15. The molecule has 9 heteroatoms. The first-order valence-corrected chi connectivity index (χ1v) is 5.37. The fourth-order valence-corrected chi connectivity index (χ4v) is 1.44. The number of nitriles is 2. The topological polar surface area (TPSA) is 132 Å². The molecule has 0 aliphatic heterocycles. The van der Waals surface area contributed by atoms with Crippen molar-refractivity contribution < 1.29 is 4.92 Å². The summed E-state index contributed by atoms with van der Waals surface area (Å²) in [5.41, 5.74) is -0.338. The maximum absolute atomic E-state index is 11.1. The highest BCUT2D eigenvalue weighted by Crippen LogP contribution is 2.31. The number of nitro groups is 1. The number of aromatic nitrogens is 2. The molecule has 0 spiro atoms. The van der Waals surface area contributed by atoms with E-state index >= 15 is 0 Å². The zero-order valence-electron chi connectivity index (χ0n) is 10.2. The van der Waals surface area contributed by atoms with E-state index in [1.165, 1.54) is 4.90 Å². The number of nitrogens with one attached hydrogen (secondary N) is 1. The molecule has 0 aliphatic carbocycles. The number of hydrogen-bond donors (Lipinski definition) is 1. The standard InChI is InChI=1S/C10H11N7O2/c1-2-13-9-8(17(18)19)10(15-7-14-9)16(5-3-11)6-4-12/h7H,2,5-6H2,1H3,(H,13,14,15). The third kappa shape index (κ3) is 3.26. The van der Waals surface area contributed by atoms with E-state index in [9.17, 15) is 10.1 Å². The summed E-state index contributed by atoms with van der Waals surface area (Å²) >= 11 is 0. The summed E-state index contributed by atoms with van der Waals surface area (Å²) in [5, 5.41) is 31.3. The molecule has 0 amide bonds. The minimum absolute atomic E-state index is 0.0425. The van der Waals surface area contributed by atoms with Gasteiger partial charge in [-0.3, -0.25) is 10.1 Å². The molecule has 1 aromatic heterocycles. The van der Waals surface area contributed by atoms with E-state index in [1.807, 2.05) is 12.1 Å². The maximum atomic E-state index is 11.1. The zero-order chi connectivity index (χ0) is 14.3. The SMILES string of the molecule is CCNc1ncnc(N(CC#N)CC#N)c1[N+](=O)[O-]. The van der Waals surface area contributed by atoms with Crippen LogP contribution in [0.3, 0.4) is 0 Å². The van der Waals surface area contributed by atoms with Crippen LogP contribution in [0.5, 0.6) is 0 Å². The van der Waals surface area contributed by atoms with Crippen LogP contribution in [-0.2, 0) is 0 Å². The van der Waals surface area contributed by atoms with Gasteiger partial charge in [-0.25, -0.2) is 9.97 Å². The Bertz CT molecular complexity index is 530. The quantitative estimate of drug-likeness (QED) is 0.449. The Kier molecular flexibility index (Phi) is 4.99. The Labute approximate surface area is 109 Å². The highest BCUT2D eigenvalue weighted by molar-refractivity contribution is 5.70. The highest BCUT2D eigenvalue weighted by Gasteiger charge is 2.26. The molecule has 1 aromatic rings. The largest absolute Gasteiger partial charge is 0.364 e. The normalized spacial score (nSPS) is 9.21. The Hall–Kier alpha value is -2.94. The maximum Gasteiger partial charge on any atom is 0.353 e. The van der Waals surface area contributed by atoms with E-state index < -0.39 is 4.92 Å². The van der Waals surface area contributed by atoms with Crippen molar-refractivity contribution in [1.29, 1.82) is 10.5 Å². The minimum atomic E-state index is -0.630. The van der Waals surface area contributed by atoms with E-state index in [2.05, 4.69) is 15.3 Å². The molecule has 98 valence electrons. The predicted molar refractivity (Wildman–Crippen MR) is 66.3 cm³/mol. The van der Waals surface area contributed by atoms with Gasteiger partial charge in [0.15, 0.2) is 0 Å². The summed E-state index contributed by atoms with van der Waals surface area (Å²) in [6.07, 6.45) is 1.15. The monoisotopic (exact) mass is 261 g/mol. The van der Waals surface area contributed by atoms with Gasteiger partial charge in [0, 0.05) is 6.54 Å². The van der Waals surface area contributed by atoms with Gasteiger partial charge < -0.3 is 10.2 Å². The molecule has 0 bridgehead atoms. The van der Waals surface area contributed by atoms with Gasteiger partial charge in [0.05, 0.1) is 17.1 Å². The van der Waals surface area contributed by atoms with Crippen LogP contribution in [0.15, 0.2) is 6.33 Å². The Morgan fingerprint density at radius 3 is 2.53 bits per heavy atom. The number of anilines is 2. The summed E-state index contributed by atoms with van der Waals surface area (Å²) < 4.78 is 0. The molecule has 1 rings (SSSR count). The van der Waals surface area contributed by atoms with Crippen LogP contribution in [0.1, 0.15) is 6.92 Å². The van der Waals surface area contributed by atoms with Crippen LogP contribution in [-0.4, -0.2) is 34.5 Å². The van der Waals surface area contributed by atoms with Crippen molar-refractivity contribution in [3.05, 3.63) is 16.4 Å². The first-order chi connectivity index (χ1) is 9.15. The van der Waals surface area contributed by atoms with E-state index in [0.29, 0.717) is 6.54 Å². The summed E-state index contributed by atoms with van der Waals surface area (Å²) in [4.78, 5) is 19.3. The molecule has 9 nitrogen and oxygen atoms in total. The summed E-state index contributed by atoms with van der Waals surface area (Å²) in [7, 11) is 0. The molecule has 0 fully saturated rings. The van der Waals surface area contributed by atoms with Crippen molar-refractivity contribution in [1.82, 2.24) is 9.97 Å². The lowest BCUT2D eigenvalue weighted by molar-refractivity contribution is -0.383. The molecule has 0 atom stereocenters. The van der Waals surface area contributed by atoms with Gasteiger partial charge in [-0.1, -0.05) is 0 Å². The second kappa shape index (κ2) is 6.71. The Morgan fingerprint density at radius 2 is 2.05 bits per heavy atom. The van der Waals surface area contributed by atoms with Crippen LogP contribution < -0.4 is 10.2 Å². The Balaban J connectivity index is 3.32. The lowest BCUT2D eigenvalue weighted by atomic mass is 10.3. The second-order valence-electron chi connectivity index (χ2n) is 3.35. The van der Waals surface area contributed by atoms with E-state index in [1.54, 1.807) is 6.92 Å². The first-order valence-electron chi connectivity index (χ1n) is 5.37. The van der Waals surface area contributed by atoms with Crippen molar-refractivity contribution in [3.8, 4) is 12.1 Å². The molecule has 19 heavy (non-hydrogen) atoms. The van der Waals surface area contributed by atoms with E-state index in [4.69, 9.17) is 10.5 Å². The summed E-state index contributed by atoms with van der Waals surface area (Å²) in [6, 6.07) is 3.68. The van der Waals surface area contributed by atoms with Crippen molar-refractivity contribution in [2.75, 3.05) is 29.9 Å². The fourth-order valence-electron chi connectivity index (χ4n) is 1.44. The van der Waals surface area contributed by atoms with Crippen molar-refractivity contribution in [3.63, 3.8) is 0 Å². The Morgan fingerprint density at radius 1 is 1.42 bits per heavy atom.